The van der Waals surface area contributed by atoms with Crippen molar-refractivity contribution in [3.63, 3.8) is 0 Å². The molecular weight excluding hydrogens is 431 g/mol. The van der Waals surface area contributed by atoms with Gasteiger partial charge in [-0.05, 0) is 50.4 Å². The molecule has 0 amide bonds. The second kappa shape index (κ2) is 16.0. The minimum Gasteiger partial charge on any atom is -0.356 e. The minimum absolute atomic E-state index is 0. The van der Waals surface area contributed by atoms with Gasteiger partial charge in [0.25, 0.3) is 0 Å². The van der Waals surface area contributed by atoms with Crippen LogP contribution in [-0.4, -0.2) is 56.6 Å². The molecule has 1 aromatic carbocycles. The minimum atomic E-state index is 0. The Morgan fingerprint density at radius 3 is 2.38 bits per heavy atom. The van der Waals surface area contributed by atoms with Gasteiger partial charge in [-0.1, -0.05) is 30.3 Å². The van der Waals surface area contributed by atoms with Gasteiger partial charge in [0.1, 0.15) is 0 Å². The number of benzene rings is 1. The number of hydrogen-bond acceptors (Lipinski definition) is 3. The maximum atomic E-state index is 4.27. The summed E-state index contributed by atoms with van der Waals surface area (Å²) in [4.78, 5) is 6.62. The molecule has 0 bridgehead atoms. The van der Waals surface area contributed by atoms with Crippen LogP contribution in [0.15, 0.2) is 35.3 Å². The van der Waals surface area contributed by atoms with Crippen molar-refractivity contribution in [3.05, 3.63) is 35.9 Å². The van der Waals surface area contributed by atoms with Crippen LogP contribution in [0.1, 0.15) is 24.8 Å². The lowest BCUT2D eigenvalue weighted by Gasteiger charge is -2.17. The van der Waals surface area contributed by atoms with Crippen LogP contribution in [0.25, 0.3) is 0 Å². The van der Waals surface area contributed by atoms with Crippen molar-refractivity contribution in [2.24, 2.45) is 4.99 Å². The molecule has 138 valence electrons. The first-order valence-corrected chi connectivity index (χ1v) is 9.81. The third-order valence-corrected chi connectivity index (χ3v) is 4.29. The highest BCUT2D eigenvalue weighted by atomic mass is 127. The maximum absolute atomic E-state index is 4.27. The van der Waals surface area contributed by atoms with Crippen molar-refractivity contribution < 1.29 is 0 Å². The van der Waals surface area contributed by atoms with E-state index < -0.39 is 0 Å². The molecule has 0 atom stereocenters. The summed E-state index contributed by atoms with van der Waals surface area (Å²) >= 11 is 1.91. The molecule has 6 heteroatoms. The molecule has 0 aromatic heterocycles. The largest absolute Gasteiger partial charge is 0.356 e. The molecule has 1 rings (SSSR count). The molecule has 0 fully saturated rings. The number of thioether (sulfide) groups is 1. The smallest absolute Gasteiger partial charge is 0.190 e. The van der Waals surface area contributed by atoms with E-state index in [0.29, 0.717) is 0 Å². The summed E-state index contributed by atoms with van der Waals surface area (Å²) in [7, 11) is 4.00. The second-order valence-corrected chi connectivity index (χ2v) is 6.69. The predicted octanol–water partition coefficient (Wildman–Crippen LogP) is 3.43. The fourth-order valence-corrected chi connectivity index (χ4v) is 2.82. The van der Waals surface area contributed by atoms with Crippen molar-refractivity contribution in [2.75, 3.05) is 45.7 Å². The number of nitrogens with zero attached hydrogens (tertiary/aromatic N) is 2. The zero-order valence-electron chi connectivity index (χ0n) is 15.3. The van der Waals surface area contributed by atoms with Crippen LogP contribution in [0.4, 0.5) is 0 Å². The Morgan fingerprint density at radius 1 is 1.08 bits per heavy atom. The molecule has 0 saturated heterocycles. The molecular formula is C18H33IN4S. The average Bonchev–Trinajstić information content (AvgIpc) is 2.57. The second-order valence-electron chi connectivity index (χ2n) is 5.70. The van der Waals surface area contributed by atoms with E-state index in [0.717, 1.165) is 38.6 Å². The van der Waals surface area contributed by atoms with Crippen molar-refractivity contribution in [2.45, 2.75) is 25.8 Å². The Balaban J connectivity index is 0.00000529. The molecule has 0 heterocycles. The van der Waals surface area contributed by atoms with Crippen molar-refractivity contribution in [3.8, 4) is 0 Å². The third-order valence-electron chi connectivity index (χ3n) is 3.60. The van der Waals surface area contributed by atoms with E-state index in [2.05, 4.69) is 64.2 Å². The van der Waals surface area contributed by atoms with Gasteiger partial charge in [-0.15, -0.1) is 24.0 Å². The molecule has 4 nitrogen and oxygen atoms in total. The van der Waals surface area contributed by atoms with Gasteiger partial charge < -0.3 is 15.5 Å². The summed E-state index contributed by atoms with van der Waals surface area (Å²) in [6.07, 6.45) is 5.72. The van der Waals surface area contributed by atoms with E-state index >= 15 is 0 Å². The molecule has 0 aliphatic carbocycles. The molecule has 0 aliphatic heterocycles. The summed E-state index contributed by atoms with van der Waals surface area (Å²) in [5.41, 5.74) is 1.37. The van der Waals surface area contributed by atoms with Crippen LogP contribution in [0, 0.1) is 0 Å². The molecule has 0 radical (unpaired) electrons. The number of halogens is 1. The van der Waals surface area contributed by atoms with Gasteiger partial charge in [-0.2, -0.15) is 11.8 Å². The van der Waals surface area contributed by atoms with E-state index in [4.69, 9.17) is 0 Å². The first kappa shape index (κ1) is 23.5. The Labute approximate surface area is 169 Å². The summed E-state index contributed by atoms with van der Waals surface area (Å²) in [5, 5.41) is 6.76. The van der Waals surface area contributed by atoms with E-state index in [1.165, 1.54) is 24.2 Å². The van der Waals surface area contributed by atoms with Crippen LogP contribution in [-0.2, 0) is 6.54 Å². The number of guanidine groups is 1. The van der Waals surface area contributed by atoms with Gasteiger partial charge in [-0.3, -0.25) is 4.99 Å². The molecule has 24 heavy (non-hydrogen) atoms. The van der Waals surface area contributed by atoms with E-state index in [1.807, 2.05) is 18.8 Å². The first-order valence-electron chi connectivity index (χ1n) is 8.42. The van der Waals surface area contributed by atoms with E-state index in [-0.39, 0.29) is 24.0 Å². The maximum Gasteiger partial charge on any atom is 0.190 e. The lowest BCUT2D eigenvalue weighted by Crippen LogP contribution is -2.39. The number of hydrogen-bond donors (Lipinski definition) is 2. The average molecular weight is 464 g/mol. The molecule has 1 aromatic rings. The molecule has 0 spiro atoms. The number of unbranched alkanes of at least 4 members (excludes halogenated alkanes) is 1. The molecule has 0 aliphatic rings. The van der Waals surface area contributed by atoms with E-state index in [9.17, 15) is 0 Å². The van der Waals surface area contributed by atoms with Crippen LogP contribution >= 0.6 is 35.7 Å². The summed E-state index contributed by atoms with van der Waals surface area (Å²) < 4.78 is 0. The molecule has 0 unspecified atom stereocenters. The van der Waals surface area contributed by atoms with Crippen LogP contribution in [0.2, 0.25) is 0 Å². The van der Waals surface area contributed by atoms with Crippen molar-refractivity contribution >= 4 is 41.7 Å². The normalized spacial score (nSPS) is 11.2. The highest BCUT2D eigenvalue weighted by Crippen LogP contribution is 2.02. The lowest BCUT2D eigenvalue weighted by molar-refractivity contribution is 0.322. The predicted molar refractivity (Wildman–Crippen MR) is 120 cm³/mol. The zero-order chi connectivity index (χ0) is 16.8. The van der Waals surface area contributed by atoms with Crippen LogP contribution < -0.4 is 10.6 Å². The van der Waals surface area contributed by atoms with Crippen LogP contribution in [0.5, 0.6) is 0 Å². The lowest BCUT2D eigenvalue weighted by atomic mass is 10.2. The Bertz CT molecular complexity index is 428. The zero-order valence-corrected chi connectivity index (χ0v) is 18.4. The first-order chi connectivity index (χ1) is 11.3. The standard InChI is InChI=1S/C18H32N4S.HI/c1-19-18(20-12-7-8-15-23-3)21-13-9-14-22(2)16-17-10-5-4-6-11-17;/h4-6,10-11H,7-9,12-16H2,1-3H3,(H2,19,20,21);1H. The number of rotatable bonds is 11. The fourth-order valence-electron chi connectivity index (χ4n) is 2.33. The Morgan fingerprint density at radius 2 is 1.75 bits per heavy atom. The summed E-state index contributed by atoms with van der Waals surface area (Å²) in [5.74, 6) is 2.15. The van der Waals surface area contributed by atoms with Gasteiger partial charge in [0, 0.05) is 26.7 Å². The topological polar surface area (TPSA) is 39.7 Å². The van der Waals surface area contributed by atoms with E-state index in [1.54, 1.807) is 0 Å². The summed E-state index contributed by atoms with van der Waals surface area (Å²) in [6, 6.07) is 10.6. The Kier molecular flexibility index (Phi) is 15.7. The van der Waals surface area contributed by atoms with Crippen LogP contribution in [0.3, 0.4) is 0 Å². The van der Waals surface area contributed by atoms with Gasteiger partial charge >= 0.3 is 0 Å². The monoisotopic (exact) mass is 464 g/mol. The third kappa shape index (κ3) is 12.0. The van der Waals surface area contributed by atoms with Gasteiger partial charge in [0.15, 0.2) is 5.96 Å². The van der Waals surface area contributed by atoms with Crippen molar-refractivity contribution in [1.29, 1.82) is 0 Å². The van der Waals surface area contributed by atoms with Gasteiger partial charge in [-0.25, -0.2) is 0 Å². The highest BCUT2D eigenvalue weighted by Gasteiger charge is 2.01. The summed E-state index contributed by atoms with van der Waals surface area (Å²) in [6.45, 7) is 4.02. The Hall–Kier alpha value is -0.470. The molecule has 0 saturated carbocycles. The highest BCUT2D eigenvalue weighted by molar-refractivity contribution is 14.0. The van der Waals surface area contributed by atoms with Crippen molar-refractivity contribution in [1.82, 2.24) is 15.5 Å². The quantitative estimate of drug-likeness (QED) is 0.228. The number of nitrogens with one attached hydrogen (secondary N) is 2. The van der Waals surface area contributed by atoms with Gasteiger partial charge in [0.2, 0.25) is 0 Å². The fraction of sp³-hybridized carbons (Fsp3) is 0.611. The molecule has 2 N–H and O–H groups in total. The van der Waals surface area contributed by atoms with Gasteiger partial charge in [0.05, 0.1) is 0 Å². The number of aliphatic imine (C=N–C) groups is 1. The SMILES string of the molecule is CN=C(NCCCCSC)NCCCN(C)Cc1ccccc1.I.